The fourth-order valence-electron chi connectivity index (χ4n) is 2.82. The third-order valence-corrected chi connectivity index (χ3v) is 4.29. The highest BCUT2D eigenvalue weighted by molar-refractivity contribution is 5.90. The molecule has 3 N–H and O–H groups in total. The first kappa shape index (κ1) is 19.5. The Balaban J connectivity index is 0.00000264. The molecule has 0 atom stereocenters. The van der Waals surface area contributed by atoms with Gasteiger partial charge in [0.15, 0.2) is 0 Å². The van der Waals surface area contributed by atoms with Gasteiger partial charge in [0.25, 0.3) is 0 Å². The molecule has 1 fully saturated rings. The molecule has 6 heteroatoms. The summed E-state index contributed by atoms with van der Waals surface area (Å²) in [5.74, 6) is -0.315. The molecule has 1 aromatic rings. The van der Waals surface area contributed by atoms with Crippen molar-refractivity contribution in [1.29, 1.82) is 0 Å². The summed E-state index contributed by atoms with van der Waals surface area (Å²) >= 11 is 0. The van der Waals surface area contributed by atoms with Crippen molar-refractivity contribution in [1.82, 2.24) is 10.2 Å². The molecule has 1 aliphatic rings. The van der Waals surface area contributed by atoms with E-state index in [9.17, 15) is 9.59 Å². The van der Waals surface area contributed by atoms with Crippen LogP contribution in [0.2, 0.25) is 0 Å². The van der Waals surface area contributed by atoms with Gasteiger partial charge in [-0.2, -0.15) is 0 Å². The maximum Gasteiger partial charge on any atom is 0.242 e. The Bertz CT molecular complexity index is 516. The maximum atomic E-state index is 12.2. The first-order valence-corrected chi connectivity index (χ1v) is 7.86. The van der Waals surface area contributed by atoms with Gasteiger partial charge < -0.3 is 16.0 Å². The Morgan fingerprint density at radius 3 is 2.39 bits per heavy atom. The van der Waals surface area contributed by atoms with Gasteiger partial charge in [0, 0.05) is 13.6 Å². The van der Waals surface area contributed by atoms with Gasteiger partial charge in [-0.15, -0.1) is 12.4 Å². The summed E-state index contributed by atoms with van der Waals surface area (Å²) in [6, 6.07) is 9.77. The quantitative estimate of drug-likeness (QED) is 0.859. The van der Waals surface area contributed by atoms with Crippen molar-refractivity contribution in [2.75, 3.05) is 13.6 Å². The van der Waals surface area contributed by atoms with Crippen molar-refractivity contribution < 1.29 is 9.59 Å². The van der Waals surface area contributed by atoms with Gasteiger partial charge in [-0.1, -0.05) is 49.6 Å². The zero-order valence-corrected chi connectivity index (χ0v) is 14.4. The van der Waals surface area contributed by atoms with Gasteiger partial charge in [0.2, 0.25) is 11.8 Å². The van der Waals surface area contributed by atoms with Crippen molar-refractivity contribution >= 4 is 24.2 Å². The number of carbonyl (C=O) groups excluding carboxylic acids is 2. The van der Waals surface area contributed by atoms with E-state index in [2.05, 4.69) is 5.32 Å². The minimum Gasteiger partial charge on any atom is -0.345 e. The molecule has 1 saturated carbocycles. The average Bonchev–Trinajstić information content (AvgIpc) is 2.53. The van der Waals surface area contributed by atoms with E-state index in [4.69, 9.17) is 5.73 Å². The standard InChI is InChI=1S/C17H25N3O2.ClH/c1-20(13-14-8-4-2-5-9-14)15(21)12-19-16(22)17(18)10-6-3-7-11-17;/h2,4-5,8-9H,3,6-7,10-13,18H2,1H3,(H,19,22);1H. The molecule has 0 bridgehead atoms. The molecule has 1 aliphatic carbocycles. The second-order valence-corrected chi connectivity index (χ2v) is 6.13. The molecule has 2 amide bonds. The van der Waals surface area contributed by atoms with Crippen LogP contribution in [-0.2, 0) is 16.1 Å². The van der Waals surface area contributed by atoms with Crippen LogP contribution in [0.1, 0.15) is 37.7 Å². The molecule has 0 radical (unpaired) electrons. The number of hydrogen-bond donors (Lipinski definition) is 2. The van der Waals surface area contributed by atoms with Crippen molar-refractivity contribution in [3.05, 3.63) is 35.9 Å². The number of nitrogens with one attached hydrogen (secondary N) is 1. The lowest BCUT2D eigenvalue weighted by atomic mass is 9.82. The number of nitrogens with two attached hydrogens (primary N) is 1. The van der Waals surface area contributed by atoms with E-state index in [1.54, 1.807) is 11.9 Å². The first-order valence-electron chi connectivity index (χ1n) is 7.86. The lowest BCUT2D eigenvalue weighted by Gasteiger charge is -2.31. The highest BCUT2D eigenvalue weighted by Gasteiger charge is 2.35. The van der Waals surface area contributed by atoms with Gasteiger partial charge in [0.1, 0.15) is 0 Å². The minimum absolute atomic E-state index is 0. The molecule has 0 aromatic heterocycles. The van der Waals surface area contributed by atoms with Gasteiger partial charge in [-0.3, -0.25) is 9.59 Å². The summed E-state index contributed by atoms with van der Waals surface area (Å²) in [5, 5.41) is 2.70. The molecule has 1 aromatic carbocycles. The minimum atomic E-state index is -0.795. The van der Waals surface area contributed by atoms with Gasteiger partial charge in [-0.25, -0.2) is 0 Å². The number of carbonyl (C=O) groups is 2. The summed E-state index contributed by atoms with van der Waals surface area (Å²) in [5.41, 5.74) is 6.42. The molecular weight excluding hydrogens is 314 g/mol. The Hall–Kier alpha value is -1.59. The molecule has 5 nitrogen and oxygen atoms in total. The van der Waals surface area contributed by atoms with E-state index in [-0.39, 0.29) is 30.8 Å². The van der Waals surface area contributed by atoms with Crippen LogP contribution in [0.25, 0.3) is 0 Å². The SMILES string of the molecule is CN(Cc1ccccc1)C(=O)CNC(=O)C1(N)CCCCC1.Cl. The Morgan fingerprint density at radius 2 is 1.78 bits per heavy atom. The van der Waals surface area contributed by atoms with E-state index in [1.165, 1.54) is 0 Å². The number of likely N-dealkylation sites (N-methyl/N-ethyl adjacent to an activating group) is 1. The zero-order chi connectivity index (χ0) is 16.0. The largest absolute Gasteiger partial charge is 0.345 e. The van der Waals surface area contributed by atoms with Crippen molar-refractivity contribution in [2.45, 2.75) is 44.2 Å². The molecule has 0 unspecified atom stereocenters. The lowest BCUT2D eigenvalue weighted by molar-refractivity contribution is -0.134. The number of amides is 2. The van der Waals surface area contributed by atoms with Gasteiger partial charge in [-0.05, 0) is 18.4 Å². The summed E-state index contributed by atoms with van der Waals surface area (Å²) in [7, 11) is 1.74. The number of benzene rings is 1. The first-order chi connectivity index (χ1) is 10.5. The van der Waals surface area contributed by atoms with Crippen LogP contribution in [0, 0.1) is 0 Å². The molecule has 2 rings (SSSR count). The summed E-state index contributed by atoms with van der Waals surface area (Å²) < 4.78 is 0. The Labute approximate surface area is 144 Å². The molecular formula is C17H26ClN3O2. The highest BCUT2D eigenvalue weighted by Crippen LogP contribution is 2.25. The van der Waals surface area contributed by atoms with Crippen LogP contribution in [-0.4, -0.2) is 35.8 Å². The topological polar surface area (TPSA) is 75.4 Å². The van der Waals surface area contributed by atoms with Crippen LogP contribution >= 0.6 is 12.4 Å². The van der Waals surface area contributed by atoms with Crippen LogP contribution in [0.5, 0.6) is 0 Å². The van der Waals surface area contributed by atoms with Crippen molar-refractivity contribution in [3.8, 4) is 0 Å². The van der Waals surface area contributed by atoms with Gasteiger partial charge in [0.05, 0.1) is 12.1 Å². The number of halogens is 1. The molecule has 0 spiro atoms. The normalized spacial score (nSPS) is 16.1. The van der Waals surface area contributed by atoms with E-state index in [0.29, 0.717) is 19.4 Å². The second kappa shape index (κ2) is 8.89. The predicted molar refractivity (Wildman–Crippen MR) is 93.2 cm³/mol. The van der Waals surface area contributed by atoms with Crippen LogP contribution in [0.4, 0.5) is 0 Å². The molecule has 0 aliphatic heterocycles. The highest BCUT2D eigenvalue weighted by atomic mass is 35.5. The predicted octanol–water partition coefficient (Wildman–Crippen LogP) is 1.84. The zero-order valence-electron chi connectivity index (χ0n) is 13.6. The number of hydrogen-bond acceptors (Lipinski definition) is 3. The van der Waals surface area contributed by atoms with Crippen LogP contribution in [0.3, 0.4) is 0 Å². The van der Waals surface area contributed by atoms with E-state index in [0.717, 1.165) is 24.8 Å². The molecule has 128 valence electrons. The fourth-order valence-corrected chi connectivity index (χ4v) is 2.82. The summed E-state index contributed by atoms with van der Waals surface area (Å²) in [6.07, 6.45) is 4.49. The number of nitrogens with zero attached hydrogens (tertiary/aromatic N) is 1. The van der Waals surface area contributed by atoms with E-state index in [1.807, 2.05) is 30.3 Å². The van der Waals surface area contributed by atoms with Crippen molar-refractivity contribution in [3.63, 3.8) is 0 Å². The maximum absolute atomic E-state index is 12.2. The summed E-state index contributed by atoms with van der Waals surface area (Å²) in [4.78, 5) is 25.9. The molecule has 0 saturated heterocycles. The number of rotatable bonds is 5. The van der Waals surface area contributed by atoms with E-state index >= 15 is 0 Å². The van der Waals surface area contributed by atoms with Crippen molar-refractivity contribution in [2.24, 2.45) is 5.73 Å². The monoisotopic (exact) mass is 339 g/mol. The van der Waals surface area contributed by atoms with Crippen LogP contribution < -0.4 is 11.1 Å². The van der Waals surface area contributed by atoms with E-state index < -0.39 is 5.54 Å². The molecule has 23 heavy (non-hydrogen) atoms. The smallest absolute Gasteiger partial charge is 0.242 e. The fraction of sp³-hybridized carbons (Fsp3) is 0.529. The lowest BCUT2D eigenvalue weighted by Crippen LogP contribution is -2.56. The van der Waals surface area contributed by atoms with Gasteiger partial charge >= 0.3 is 0 Å². The molecule has 0 heterocycles. The summed E-state index contributed by atoms with van der Waals surface area (Å²) in [6.45, 7) is 0.532. The van der Waals surface area contributed by atoms with Crippen LogP contribution in [0.15, 0.2) is 30.3 Å². The third kappa shape index (κ3) is 5.52. The second-order valence-electron chi connectivity index (χ2n) is 6.13. The Kier molecular flexibility index (Phi) is 7.52. The Morgan fingerprint density at radius 1 is 1.17 bits per heavy atom. The average molecular weight is 340 g/mol. The third-order valence-electron chi connectivity index (χ3n) is 4.29.